The molecule has 0 aliphatic carbocycles. The number of aromatic carboxylic acids is 1. The number of benzene rings is 3. The molecule has 0 saturated heterocycles. The number of rotatable bonds is 5. The van der Waals surface area contributed by atoms with Crippen LogP contribution in [0.25, 0.3) is 0 Å². The van der Waals surface area contributed by atoms with Gasteiger partial charge in [-0.1, -0.05) is 36.4 Å². The third-order valence-electron chi connectivity index (χ3n) is 5.49. The van der Waals surface area contributed by atoms with Crippen molar-refractivity contribution in [2.75, 3.05) is 4.90 Å². The summed E-state index contributed by atoms with van der Waals surface area (Å²) in [5.41, 5.74) is -0.151. The average Bonchev–Trinajstić information content (AvgIpc) is 2.77. The van der Waals surface area contributed by atoms with Crippen molar-refractivity contribution >= 4 is 23.4 Å². The summed E-state index contributed by atoms with van der Waals surface area (Å²) in [4.78, 5) is 13.3. The molecule has 9 heteroatoms. The zero-order valence-corrected chi connectivity index (χ0v) is 17.9. The average molecular weight is 477 g/mol. The van der Waals surface area contributed by atoms with Gasteiger partial charge in [-0.3, -0.25) is 0 Å². The van der Waals surface area contributed by atoms with E-state index < -0.39 is 35.0 Å². The lowest BCUT2D eigenvalue weighted by atomic mass is 10.0. The number of carboxylic acids is 1. The Morgan fingerprint density at radius 2 is 1.70 bits per heavy atom. The summed E-state index contributed by atoms with van der Waals surface area (Å²) >= 11 is 1.31. The lowest BCUT2D eigenvalue weighted by Gasteiger charge is -2.40. The fourth-order valence-corrected chi connectivity index (χ4v) is 5.19. The fraction of sp³-hybridized carbons (Fsp3) is 0.208. The molecule has 1 aliphatic rings. The van der Waals surface area contributed by atoms with E-state index in [1.54, 1.807) is 24.3 Å². The van der Waals surface area contributed by atoms with E-state index in [0.29, 0.717) is 5.69 Å². The van der Waals surface area contributed by atoms with E-state index in [4.69, 9.17) is 5.11 Å². The third kappa shape index (κ3) is 4.84. The Balaban J connectivity index is 1.67. The van der Waals surface area contributed by atoms with E-state index in [-0.39, 0.29) is 29.7 Å². The van der Waals surface area contributed by atoms with Gasteiger partial charge in [-0.05, 0) is 47.9 Å². The van der Waals surface area contributed by atoms with Gasteiger partial charge >= 0.3 is 12.1 Å². The normalized spacial score (nSPS) is 18.2. The highest BCUT2D eigenvalue weighted by atomic mass is 32.2. The largest absolute Gasteiger partial charge is 0.478 e. The van der Waals surface area contributed by atoms with Crippen molar-refractivity contribution in [2.24, 2.45) is 0 Å². The molecule has 0 radical (unpaired) electrons. The van der Waals surface area contributed by atoms with Crippen molar-refractivity contribution in [3.63, 3.8) is 0 Å². The van der Waals surface area contributed by atoms with Gasteiger partial charge in [-0.2, -0.15) is 13.2 Å². The van der Waals surface area contributed by atoms with Crippen LogP contribution in [0.1, 0.15) is 27.0 Å². The minimum absolute atomic E-state index is 0.0153. The summed E-state index contributed by atoms with van der Waals surface area (Å²) in [5, 5.41) is 19.6. The number of halogens is 4. The van der Waals surface area contributed by atoms with Crippen molar-refractivity contribution in [2.45, 2.75) is 35.5 Å². The molecule has 0 bridgehead atoms. The van der Waals surface area contributed by atoms with Crippen LogP contribution >= 0.6 is 11.8 Å². The van der Waals surface area contributed by atoms with Crippen molar-refractivity contribution in [3.05, 3.63) is 94.8 Å². The first-order valence-electron chi connectivity index (χ1n) is 10.0. The molecule has 2 N–H and O–H groups in total. The molecule has 2 atom stereocenters. The molecule has 0 saturated carbocycles. The second kappa shape index (κ2) is 9.07. The number of nitrogens with zero attached hydrogens (tertiary/aromatic N) is 1. The summed E-state index contributed by atoms with van der Waals surface area (Å²) < 4.78 is 55.1. The molecule has 0 spiro atoms. The Labute approximate surface area is 191 Å². The minimum atomic E-state index is -4.54. The van der Waals surface area contributed by atoms with Crippen LogP contribution in [0.2, 0.25) is 0 Å². The molecule has 4 nitrogen and oxygen atoms in total. The Morgan fingerprint density at radius 1 is 1.00 bits per heavy atom. The quantitative estimate of drug-likeness (QED) is 0.470. The predicted molar refractivity (Wildman–Crippen MR) is 117 cm³/mol. The highest BCUT2D eigenvalue weighted by molar-refractivity contribution is 8.00. The number of alkyl halides is 3. The maximum absolute atomic E-state index is 14.5. The van der Waals surface area contributed by atoms with Gasteiger partial charge < -0.3 is 15.1 Å². The van der Waals surface area contributed by atoms with Gasteiger partial charge in [-0.15, -0.1) is 11.8 Å². The van der Waals surface area contributed by atoms with Crippen LogP contribution in [0.5, 0.6) is 0 Å². The number of para-hydroxylation sites is 1. The number of anilines is 1. The highest BCUT2D eigenvalue weighted by Gasteiger charge is 2.37. The first-order valence-corrected chi connectivity index (χ1v) is 10.9. The van der Waals surface area contributed by atoms with Gasteiger partial charge in [0.05, 0.1) is 22.1 Å². The van der Waals surface area contributed by atoms with Gasteiger partial charge in [0.1, 0.15) is 12.0 Å². The Kier molecular flexibility index (Phi) is 6.36. The van der Waals surface area contributed by atoms with Crippen LogP contribution in [0.4, 0.5) is 23.2 Å². The lowest BCUT2D eigenvalue weighted by Crippen LogP contribution is -2.46. The standard InChI is InChI=1S/C24H19F4NO3S/c25-18-11-15(23(31)32)10-9-14(18)12-21-22(30)29(19-7-3-4-8-20(19)33-21)13-16-5-1-2-6-17(16)24(26,27)28/h1-11,21-22,30H,12-13H2,(H,31,32). The molecular formula is C24H19F4NO3S. The summed E-state index contributed by atoms with van der Waals surface area (Å²) in [6.07, 6.45) is -5.69. The molecule has 0 aromatic heterocycles. The molecule has 2 unspecified atom stereocenters. The highest BCUT2D eigenvalue weighted by Crippen LogP contribution is 2.43. The van der Waals surface area contributed by atoms with E-state index in [1.165, 1.54) is 47.0 Å². The number of aliphatic hydroxyl groups excluding tert-OH is 1. The lowest BCUT2D eigenvalue weighted by molar-refractivity contribution is -0.138. The molecular weight excluding hydrogens is 458 g/mol. The van der Waals surface area contributed by atoms with Gasteiger partial charge in [0, 0.05) is 11.4 Å². The monoisotopic (exact) mass is 477 g/mol. The zero-order valence-electron chi connectivity index (χ0n) is 17.1. The van der Waals surface area contributed by atoms with Gasteiger partial charge in [0.15, 0.2) is 0 Å². The number of fused-ring (bicyclic) bond motifs is 1. The van der Waals surface area contributed by atoms with Crippen LogP contribution in [0.3, 0.4) is 0 Å². The first-order chi connectivity index (χ1) is 15.6. The van der Waals surface area contributed by atoms with Crippen molar-refractivity contribution in [1.82, 2.24) is 0 Å². The maximum atomic E-state index is 14.5. The minimum Gasteiger partial charge on any atom is -0.478 e. The molecule has 172 valence electrons. The van der Waals surface area contributed by atoms with Crippen LogP contribution in [0, 0.1) is 5.82 Å². The number of hydrogen-bond acceptors (Lipinski definition) is 4. The van der Waals surface area contributed by atoms with Crippen LogP contribution < -0.4 is 4.90 Å². The zero-order chi connectivity index (χ0) is 23.8. The molecule has 0 amide bonds. The van der Waals surface area contributed by atoms with Crippen molar-refractivity contribution < 1.29 is 32.6 Å². The Hall–Kier alpha value is -3.04. The van der Waals surface area contributed by atoms with Gasteiger partial charge in [0.25, 0.3) is 0 Å². The van der Waals surface area contributed by atoms with Crippen molar-refractivity contribution in [1.29, 1.82) is 0 Å². The second-order valence-electron chi connectivity index (χ2n) is 7.64. The topological polar surface area (TPSA) is 60.8 Å². The smallest absolute Gasteiger partial charge is 0.416 e. The van der Waals surface area contributed by atoms with E-state index in [9.17, 15) is 27.5 Å². The molecule has 1 heterocycles. The first kappa shape index (κ1) is 23.1. The maximum Gasteiger partial charge on any atom is 0.416 e. The number of carboxylic acid groups (broad SMARTS) is 1. The fourth-order valence-electron chi connectivity index (χ4n) is 3.87. The molecule has 1 aliphatic heterocycles. The summed E-state index contributed by atoms with van der Waals surface area (Å²) in [5.74, 6) is -1.97. The van der Waals surface area contributed by atoms with Crippen molar-refractivity contribution in [3.8, 4) is 0 Å². The summed E-state index contributed by atoms with van der Waals surface area (Å²) in [6, 6.07) is 15.8. The van der Waals surface area contributed by atoms with Crippen LogP contribution in [-0.2, 0) is 19.1 Å². The summed E-state index contributed by atoms with van der Waals surface area (Å²) in [7, 11) is 0. The van der Waals surface area contributed by atoms with Crippen LogP contribution in [0.15, 0.2) is 71.6 Å². The van der Waals surface area contributed by atoms with E-state index in [0.717, 1.165) is 17.0 Å². The summed E-state index contributed by atoms with van der Waals surface area (Å²) in [6.45, 7) is -0.189. The number of hydrogen-bond donors (Lipinski definition) is 2. The van der Waals surface area contributed by atoms with E-state index >= 15 is 0 Å². The number of carbonyl (C=O) groups is 1. The molecule has 4 rings (SSSR count). The predicted octanol–water partition coefficient (Wildman–Crippen LogP) is 5.58. The molecule has 0 fully saturated rings. The second-order valence-corrected chi connectivity index (χ2v) is 8.92. The number of thioether (sulfide) groups is 1. The van der Waals surface area contributed by atoms with Crippen LogP contribution in [-0.4, -0.2) is 27.7 Å². The Bertz CT molecular complexity index is 1180. The molecule has 3 aromatic carbocycles. The SMILES string of the molecule is O=C(O)c1ccc(CC2Sc3ccccc3N(Cc3ccccc3C(F)(F)F)C2O)c(F)c1. The van der Waals surface area contributed by atoms with E-state index in [1.807, 2.05) is 0 Å². The Morgan fingerprint density at radius 3 is 2.39 bits per heavy atom. The number of aliphatic hydroxyl groups is 1. The molecule has 33 heavy (non-hydrogen) atoms. The van der Waals surface area contributed by atoms with E-state index in [2.05, 4.69) is 0 Å². The third-order valence-corrected chi connectivity index (χ3v) is 6.80. The molecule has 3 aromatic rings. The van der Waals surface area contributed by atoms with Gasteiger partial charge in [-0.25, -0.2) is 9.18 Å². The van der Waals surface area contributed by atoms with Gasteiger partial charge in [0.2, 0.25) is 0 Å².